The van der Waals surface area contributed by atoms with Crippen LogP contribution in [0.2, 0.25) is 0 Å². The molecule has 0 N–H and O–H groups in total. The van der Waals surface area contributed by atoms with E-state index in [2.05, 4.69) is 22.1 Å². The highest BCUT2D eigenvalue weighted by Crippen LogP contribution is 2.39. The number of ether oxygens (including phenoxy) is 2. The molecular formula is C24H23N3O3S. The van der Waals surface area contributed by atoms with E-state index in [1.807, 2.05) is 60.2 Å². The third-order valence-electron chi connectivity index (χ3n) is 4.88. The van der Waals surface area contributed by atoms with Gasteiger partial charge in [-0.1, -0.05) is 54.2 Å². The lowest BCUT2D eigenvalue weighted by Gasteiger charge is -2.12. The second-order valence-corrected chi connectivity index (χ2v) is 8.17. The number of hydrogen-bond donors (Lipinski definition) is 0. The second-order valence-electron chi connectivity index (χ2n) is 6.84. The van der Waals surface area contributed by atoms with Gasteiger partial charge in [0.05, 0.1) is 24.8 Å². The van der Waals surface area contributed by atoms with Crippen molar-refractivity contribution in [2.24, 2.45) is 0 Å². The van der Waals surface area contributed by atoms with Crippen molar-refractivity contribution >= 4 is 28.8 Å². The Kier molecular flexibility index (Phi) is 6.23. The Labute approximate surface area is 185 Å². The summed E-state index contributed by atoms with van der Waals surface area (Å²) < 4.78 is 12.8. The van der Waals surface area contributed by atoms with Crippen LogP contribution in [0.1, 0.15) is 13.8 Å². The molecule has 4 rings (SSSR count). The van der Waals surface area contributed by atoms with Crippen molar-refractivity contribution in [3.8, 4) is 22.6 Å². The molecule has 0 unspecified atom stereocenters. The zero-order valence-corrected chi connectivity index (χ0v) is 18.4. The highest BCUT2D eigenvalue weighted by molar-refractivity contribution is 8.00. The molecule has 0 aliphatic heterocycles. The van der Waals surface area contributed by atoms with Gasteiger partial charge in [-0.05, 0) is 31.5 Å². The van der Waals surface area contributed by atoms with Gasteiger partial charge in [-0.3, -0.25) is 9.36 Å². The first-order chi connectivity index (χ1) is 15.1. The number of methoxy groups -OCH3 is 1. The van der Waals surface area contributed by atoms with Gasteiger partial charge >= 0.3 is 5.97 Å². The first kappa shape index (κ1) is 20.9. The van der Waals surface area contributed by atoms with Gasteiger partial charge in [-0.2, -0.15) is 0 Å². The molecule has 158 valence electrons. The third-order valence-corrected chi connectivity index (χ3v) is 5.96. The molecule has 7 heteroatoms. The summed E-state index contributed by atoms with van der Waals surface area (Å²) in [6.45, 7) is 3.98. The number of carbonyl (C=O) groups excluding carboxylic acids is 1. The van der Waals surface area contributed by atoms with Crippen LogP contribution >= 0.6 is 11.8 Å². The van der Waals surface area contributed by atoms with Gasteiger partial charge in [0, 0.05) is 11.8 Å². The third kappa shape index (κ3) is 4.14. The molecule has 0 radical (unpaired) electrons. The molecule has 0 aliphatic carbocycles. The Morgan fingerprint density at radius 2 is 1.84 bits per heavy atom. The summed E-state index contributed by atoms with van der Waals surface area (Å²) in [4.78, 5) is 21.4. The topological polar surface area (TPSA) is 66.2 Å². The number of carbonyl (C=O) groups is 1. The highest BCUT2D eigenvalue weighted by atomic mass is 32.2. The van der Waals surface area contributed by atoms with Crippen molar-refractivity contribution in [3.05, 3.63) is 67.1 Å². The lowest BCUT2D eigenvalue weighted by molar-refractivity contribution is -0.142. The molecule has 4 aromatic rings. The van der Waals surface area contributed by atoms with Crippen LogP contribution in [-0.2, 0) is 9.53 Å². The summed E-state index contributed by atoms with van der Waals surface area (Å²) in [6.07, 6.45) is 3.58. The smallest absolute Gasteiger partial charge is 0.319 e. The molecule has 2 heterocycles. The van der Waals surface area contributed by atoms with Crippen molar-refractivity contribution in [1.29, 1.82) is 0 Å². The minimum Gasteiger partial charge on any atom is -0.495 e. The number of benzene rings is 2. The number of nitrogens with zero attached hydrogens (tertiary/aromatic N) is 3. The molecular weight excluding hydrogens is 410 g/mol. The lowest BCUT2D eigenvalue weighted by atomic mass is 10.1. The Balaban J connectivity index is 1.93. The fraction of sp³-hybridized carbons (Fsp3) is 0.208. The maximum Gasteiger partial charge on any atom is 0.319 e. The molecule has 0 fully saturated rings. The molecule has 2 aromatic heterocycles. The molecule has 0 bridgehead atoms. The summed E-state index contributed by atoms with van der Waals surface area (Å²) in [5.74, 6) is 0.483. The van der Waals surface area contributed by atoms with E-state index in [0.717, 1.165) is 38.6 Å². The van der Waals surface area contributed by atoms with E-state index in [0.29, 0.717) is 6.61 Å². The van der Waals surface area contributed by atoms with Crippen molar-refractivity contribution in [2.75, 3.05) is 13.7 Å². The molecule has 0 spiro atoms. The fourth-order valence-corrected chi connectivity index (χ4v) is 4.37. The average Bonchev–Trinajstić information content (AvgIpc) is 3.20. The highest BCUT2D eigenvalue weighted by Gasteiger charge is 2.23. The summed E-state index contributed by atoms with van der Waals surface area (Å²) in [6, 6.07) is 17.9. The van der Waals surface area contributed by atoms with Crippen LogP contribution < -0.4 is 4.74 Å². The van der Waals surface area contributed by atoms with Gasteiger partial charge in [0.25, 0.3) is 0 Å². The standard InChI is InChI=1S/C24H23N3O3S/c1-4-30-24(28)16(2)31-23-21-18(17-10-6-5-7-11-17)14-27(22(21)25-15-26-23)19-12-8-9-13-20(19)29-3/h5-16H,4H2,1-3H3/t16-/m0/s1. The Morgan fingerprint density at radius 1 is 1.10 bits per heavy atom. The molecule has 0 aliphatic rings. The minimum absolute atomic E-state index is 0.260. The maximum absolute atomic E-state index is 12.2. The predicted molar refractivity (Wildman–Crippen MR) is 123 cm³/mol. The molecule has 0 saturated heterocycles. The van der Waals surface area contributed by atoms with Crippen molar-refractivity contribution in [1.82, 2.24) is 14.5 Å². The first-order valence-electron chi connectivity index (χ1n) is 10.0. The van der Waals surface area contributed by atoms with E-state index in [4.69, 9.17) is 9.47 Å². The van der Waals surface area contributed by atoms with E-state index in [9.17, 15) is 4.79 Å². The number of aromatic nitrogens is 3. The van der Waals surface area contributed by atoms with Gasteiger partial charge in [-0.15, -0.1) is 0 Å². The van der Waals surface area contributed by atoms with Crippen LogP contribution in [0.15, 0.2) is 72.1 Å². The van der Waals surface area contributed by atoms with Crippen LogP contribution in [0.3, 0.4) is 0 Å². The minimum atomic E-state index is -0.392. The van der Waals surface area contributed by atoms with Crippen molar-refractivity contribution in [3.63, 3.8) is 0 Å². The summed E-state index contributed by atoms with van der Waals surface area (Å²) in [5, 5.41) is 1.23. The average molecular weight is 434 g/mol. The van der Waals surface area contributed by atoms with Crippen LogP contribution in [0, 0.1) is 0 Å². The van der Waals surface area contributed by atoms with Gasteiger partial charge in [-0.25, -0.2) is 9.97 Å². The van der Waals surface area contributed by atoms with Crippen molar-refractivity contribution in [2.45, 2.75) is 24.1 Å². The Morgan fingerprint density at radius 3 is 2.58 bits per heavy atom. The Bertz CT molecular complexity index is 1210. The first-order valence-corrected chi connectivity index (χ1v) is 10.9. The van der Waals surface area contributed by atoms with E-state index in [1.54, 1.807) is 14.0 Å². The molecule has 1 atom stereocenters. The number of fused-ring (bicyclic) bond motifs is 1. The van der Waals surface area contributed by atoms with E-state index < -0.39 is 5.25 Å². The summed E-state index contributed by atoms with van der Waals surface area (Å²) >= 11 is 1.38. The SMILES string of the molecule is CCOC(=O)[C@H](C)Sc1ncnc2c1c(-c1ccccc1)cn2-c1ccccc1OC. The quantitative estimate of drug-likeness (QED) is 0.228. The molecule has 6 nitrogen and oxygen atoms in total. The normalized spacial score (nSPS) is 12.0. The molecule has 0 amide bonds. The van der Waals surface area contributed by atoms with Gasteiger partial charge in [0.2, 0.25) is 0 Å². The van der Waals surface area contributed by atoms with Crippen LogP contribution in [0.25, 0.3) is 27.8 Å². The zero-order chi connectivity index (χ0) is 21.8. The molecule has 31 heavy (non-hydrogen) atoms. The molecule has 2 aromatic carbocycles. The maximum atomic E-state index is 12.2. The lowest BCUT2D eigenvalue weighted by Crippen LogP contribution is -2.16. The monoisotopic (exact) mass is 433 g/mol. The number of esters is 1. The zero-order valence-electron chi connectivity index (χ0n) is 17.6. The number of hydrogen-bond acceptors (Lipinski definition) is 6. The largest absolute Gasteiger partial charge is 0.495 e. The van der Waals surface area contributed by atoms with Crippen LogP contribution in [0.5, 0.6) is 5.75 Å². The van der Waals surface area contributed by atoms with Gasteiger partial charge in [0.1, 0.15) is 28.0 Å². The fourth-order valence-electron chi connectivity index (χ4n) is 3.45. The van der Waals surface area contributed by atoms with E-state index >= 15 is 0 Å². The summed E-state index contributed by atoms with van der Waals surface area (Å²) in [7, 11) is 1.65. The van der Waals surface area contributed by atoms with Crippen molar-refractivity contribution < 1.29 is 14.3 Å². The Hall–Kier alpha value is -3.32. The van der Waals surface area contributed by atoms with Crippen LogP contribution in [0.4, 0.5) is 0 Å². The predicted octanol–water partition coefficient (Wildman–Crippen LogP) is 5.14. The summed E-state index contributed by atoms with van der Waals surface area (Å²) in [5.41, 5.74) is 3.66. The van der Waals surface area contributed by atoms with Crippen LogP contribution in [-0.4, -0.2) is 39.5 Å². The number of thioether (sulfide) groups is 1. The number of rotatable bonds is 7. The van der Waals surface area contributed by atoms with E-state index in [-0.39, 0.29) is 5.97 Å². The van der Waals surface area contributed by atoms with Gasteiger partial charge in [0.15, 0.2) is 0 Å². The van der Waals surface area contributed by atoms with E-state index in [1.165, 1.54) is 18.1 Å². The number of para-hydroxylation sites is 2. The second kappa shape index (κ2) is 9.22. The van der Waals surface area contributed by atoms with Gasteiger partial charge < -0.3 is 9.47 Å². The molecule has 0 saturated carbocycles.